The van der Waals surface area contributed by atoms with Crippen LogP contribution in [0.5, 0.6) is 5.75 Å². The van der Waals surface area contributed by atoms with Crippen LogP contribution in [0.3, 0.4) is 0 Å². The van der Waals surface area contributed by atoms with E-state index >= 15 is 0 Å². The van der Waals surface area contributed by atoms with Gasteiger partial charge in [-0.25, -0.2) is 0 Å². The number of carbonyl (C=O) groups excluding carboxylic acids is 1. The molecule has 0 aromatic heterocycles. The molecular weight excluding hydrogens is 343 g/mol. The fraction of sp³-hybridized carbons (Fsp3) is 0.417. The van der Waals surface area contributed by atoms with Crippen molar-refractivity contribution < 1.29 is 27.4 Å². The quantitative estimate of drug-likeness (QED) is 0.820. The molecule has 0 amide bonds. The largest absolute Gasteiger partial charge is 0.573 e. The van der Waals surface area contributed by atoms with Crippen LogP contribution in [0.4, 0.5) is 18.9 Å². The minimum Gasteiger partial charge on any atom is -0.469 e. The molecule has 0 saturated heterocycles. The smallest absolute Gasteiger partial charge is 0.469 e. The van der Waals surface area contributed by atoms with Gasteiger partial charge in [-0.2, -0.15) is 0 Å². The molecule has 0 radical (unpaired) electrons. The van der Waals surface area contributed by atoms with E-state index in [9.17, 15) is 18.0 Å². The molecule has 0 heterocycles. The van der Waals surface area contributed by atoms with Crippen LogP contribution in [0.15, 0.2) is 22.7 Å². The summed E-state index contributed by atoms with van der Waals surface area (Å²) < 4.78 is 44.8. The van der Waals surface area contributed by atoms with Crippen LogP contribution in [-0.4, -0.2) is 26.0 Å². The van der Waals surface area contributed by atoms with E-state index in [0.717, 1.165) is 0 Å². The zero-order valence-electron chi connectivity index (χ0n) is 10.8. The normalized spacial score (nSPS) is 12.7. The lowest BCUT2D eigenvalue weighted by Crippen LogP contribution is -2.21. The Bertz CT molecular complexity index is 480. The van der Waals surface area contributed by atoms with Gasteiger partial charge < -0.3 is 14.8 Å². The van der Waals surface area contributed by atoms with Gasteiger partial charge in [0, 0.05) is 12.2 Å². The molecule has 0 saturated carbocycles. The van der Waals surface area contributed by atoms with Gasteiger partial charge in [-0.05, 0) is 34.1 Å². The van der Waals surface area contributed by atoms with Crippen molar-refractivity contribution in [1.29, 1.82) is 0 Å². The number of benzene rings is 1. The number of nitrogens with one attached hydrogen (secondary N) is 1. The second kappa shape index (κ2) is 6.83. The number of anilines is 1. The average Bonchev–Trinajstić information content (AvgIpc) is 2.36. The summed E-state index contributed by atoms with van der Waals surface area (Å²) in [6, 6.07) is 4.05. The maximum atomic E-state index is 12.1. The molecule has 0 spiro atoms. The Balaban J connectivity index is 2.66. The van der Waals surface area contributed by atoms with Crippen molar-refractivity contribution in [2.45, 2.75) is 13.3 Å². The van der Waals surface area contributed by atoms with Gasteiger partial charge in [0.05, 0.1) is 17.5 Å². The summed E-state index contributed by atoms with van der Waals surface area (Å²) in [7, 11) is 1.29. The summed E-state index contributed by atoms with van der Waals surface area (Å²) in [6.07, 6.45) is -4.74. The van der Waals surface area contributed by atoms with Crippen LogP contribution < -0.4 is 10.1 Å². The van der Waals surface area contributed by atoms with Crippen molar-refractivity contribution in [3.63, 3.8) is 0 Å². The van der Waals surface area contributed by atoms with Gasteiger partial charge in [0.1, 0.15) is 5.75 Å². The lowest BCUT2D eigenvalue weighted by Gasteiger charge is -2.14. The number of hydrogen-bond acceptors (Lipinski definition) is 4. The van der Waals surface area contributed by atoms with Crippen LogP contribution in [0, 0.1) is 5.92 Å². The molecule has 1 unspecified atom stereocenters. The van der Waals surface area contributed by atoms with E-state index in [1.165, 1.54) is 25.3 Å². The summed E-state index contributed by atoms with van der Waals surface area (Å²) in [5.41, 5.74) is 0.558. The Hall–Kier alpha value is -1.44. The third-order valence-corrected chi connectivity index (χ3v) is 2.99. The van der Waals surface area contributed by atoms with Gasteiger partial charge in [-0.15, -0.1) is 13.2 Å². The van der Waals surface area contributed by atoms with Crippen LogP contribution in [0.2, 0.25) is 0 Å². The third-order valence-electron chi connectivity index (χ3n) is 2.37. The maximum absolute atomic E-state index is 12.1. The highest BCUT2D eigenvalue weighted by Gasteiger charge is 2.31. The molecule has 0 aliphatic carbocycles. The van der Waals surface area contributed by atoms with E-state index in [2.05, 4.69) is 30.7 Å². The van der Waals surface area contributed by atoms with Gasteiger partial charge in [0.2, 0.25) is 0 Å². The van der Waals surface area contributed by atoms with Crippen LogP contribution in [0.1, 0.15) is 6.92 Å². The summed E-state index contributed by atoms with van der Waals surface area (Å²) in [6.45, 7) is 1.98. The maximum Gasteiger partial charge on any atom is 0.573 e. The van der Waals surface area contributed by atoms with Gasteiger partial charge >= 0.3 is 12.3 Å². The Morgan fingerprint density at radius 2 is 2.10 bits per heavy atom. The number of hydrogen-bond donors (Lipinski definition) is 1. The second-order valence-corrected chi connectivity index (χ2v) is 4.85. The zero-order chi connectivity index (χ0) is 15.3. The van der Waals surface area contributed by atoms with Crippen LogP contribution >= 0.6 is 15.9 Å². The molecule has 1 atom stereocenters. The topological polar surface area (TPSA) is 47.6 Å². The molecule has 0 fully saturated rings. The van der Waals surface area contributed by atoms with Gasteiger partial charge in [0.25, 0.3) is 0 Å². The molecule has 0 aliphatic heterocycles. The monoisotopic (exact) mass is 355 g/mol. The molecule has 0 aliphatic rings. The summed E-state index contributed by atoms with van der Waals surface area (Å²) in [5.74, 6) is -1.07. The lowest BCUT2D eigenvalue weighted by molar-refractivity contribution is -0.274. The van der Waals surface area contributed by atoms with E-state index in [1.54, 1.807) is 6.92 Å². The lowest BCUT2D eigenvalue weighted by atomic mass is 10.2. The summed E-state index contributed by atoms with van der Waals surface area (Å²) in [4.78, 5) is 11.2. The number of methoxy groups -OCH3 is 1. The number of alkyl halides is 3. The van der Waals surface area contributed by atoms with Crippen molar-refractivity contribution in [2.24, 2.45) is 5.92 Å². The number of ether oxygens (including phenoxy) is 2. The molecule has 1 aromatic carbocycles. The zero-order valence-corrected chi connectivity index (χ0v) is 12.3. The number of carbonyl (C=O) groups is 1. The Labute approximate surface area is 122 Å². The first-order valence-electron chi connectivity index (χ1n) is 5.60. The highest BCUT2D eigenvalue weighted by molar-refractivity contribution is 9.10. The molecule has 4 nitrogen and oxygen atoms in total. The van der Waals surface area contributed by atoms with Gasteiger partial charge in [-0.3, -0.25) is 4.79 Å². The Morgan fingerprint density at radius 3 is 2.60 bits per heavy atom. The van der Waals surface area contributed by atoms with E-state index in [4.69, 9.17) is 0 Å². The standard InChI is InChI=1S/C12H13BrF3NO3/c1-7(11(18)19-2)6-17-8-3-4-10(9(13)5-8)20-12(14,15)16/h3-5,7,17H,6H2,1-2H3. The van der Waals surface area contributed by atoms with Crippen molar-refractivity contribution in [2.75, 3.05) is 19.0 Å². The molecule has 1 rings (SSSR count). The first-order valence-corrected chi connectivity index (χ1v) is 6.39. The molecule has 112 valence electrons. The predicted octanol–water partition coefficient (Wildman–Crippen LogP) is 3.57. The fourth-order valence-electron chi connectivity index (χ4n) is 1.37. The van der Waals surface area contributed by atoms with Crippen molar-refractivity contribution in [3.05, 3.63) is 22.7 Å². The van der Waals surface area contributed by atoms with Crippen LogP contribution in [0.25, 0.3) is 0 Å². The van der Waals surface area contributed by atoms with E-state index in [1.807, 2.05) is 0 Å². The molecule has 20 heavy (non-hydrogen) atoms. The molecule has 1 N–H and O–H groups in total. The average molecular weight is 356 g/mol. The van der Waals surface area contributed by atoms with Crippen molar-refractivity contribution in [1.82, 2.24) is 0 Å². The van der Waals surface area contributed by atoms with Crippen LogP contribution in [-0.2, 0) is 9.53 Å². The SMILES string of the molecule is COC(=O)C(C)CNc1ccc(OC(F)(F)F)c(Br)c1. The van der Waals surface area contributed by atoms with Crippen molar-refractivity contribution in [3.8, 4) is 5.75 Å². The second-order valence-electron chi connectivity index (χ2n) is 4.00. The highest BCUT2D eigenvalue weighted by Crippen LogP contribution is 2.32. The highest BCUT2D eigenvalue weighted by atomic mass is 79.9. The summed E-state index contributed by atoms with van der Waals surface area (Å²) in [5, 5.41) is 2.92. The van der Waals surface area contributed by atoms with Gasteiger partial charge in [0.15, 0.2) is 0 Å². The van der Waals surface area contributed by atoms with Gasteiger partial charge in [-0.1, -0.05) is 6.92 Å². The Kier molecular flexibility index (Phi) is 5.67. The minimum atomic E-state index is -4.74. The van der Waals surface area contributed by atoms with Crippen molar-refractivity contribution >= 4 is 27.6 Å². The fourth-order valence-corrected chi connectivity index (χ4v) is 1.83. The predicted molar refractivity (Wildman–Crippen MR) is 70.5 cm³/mol. The molecular formula is C12H13BrF3NO3. The first kappa shape index (κ1) is 16.6. The van der Waals surface area contributed by atoms with E-state index in [0.29, 0.717) is 12.2 Å². The van der Waals surface area contributed by atoms with E-state index < -0.39 is 6.36 Å². The third kappa shape index (κ3) is 5.28. The Morgan fingerprint density at radius 1 is 1.45 bits per heavy atom. The molecule has 1 aromatic rings. The summed E-state index contributed by atoms with van der Waals surface area (Å²) >= 11 is 2.99. The number of esters is 1. The first-order chi connectivity index (χ1) is 9.23. The molecule has 8 heteroatoms. The van der Waals surface area contributed by atoms with E-state index in [-0.39, 0.29) is 22.1 Å². The molecule has 0 bridgehead atoms. The number of rotatable bonds is 5. The number of halogens is 4. The minimum absolute atomic E-state index is 0.158.